The molecule has 0 aliphatic rings. The Hall–Kier alpha value is -2.29. The van der Waals surface area contributed by atoms with Gasteiger partial charge >= 0.3 is 0 Å². The number of ether oxygens (including phenoxy) is 1. The van der Waals surface area contributed by atoms with E-state index in [4.69, 9.17) is 4.74 Å². The van der Waals surface area contributed by atoms with Gasteiger partial charge in [0.2, 0.25) is 0 Å². The third-order valence-corrected chi connectivity index (χ3v) is 4.10. The van der Waals surface area contributed by atoms with Crippen LogP contribution in [0.4, 0.5) is 0 Å². The average molecular weight is 510 g/mol. The van der Waals surface area contributed by atoms with Crippen LogP contribution >= 0.6 is 24.0 Å². The van der Waals surface area contributed by atoms with Gasteiger partial charge in [0.15, 0.2) is 12.6 Å². The summed E-state index contributed by atoms with van der Waals surface area (Å²) in [5, 5.41) is 6.61. The Labute approximate surface area is 190 Å². The van der Waals surface area contributed by atoms with Gasteiger partial charge in [-0.3, -0.25) is 4.79 Å². The molecule has 2 N–H and O–H groups in total. The summed E-state index contributed by atoms with van der Waals surface area (Å²) in [5.41, 5.74) is 3.47. The molecule has 2 aromatic carbocycles. The van der Waals surface area contributed by atoms with Crippen LogP contribution in [0.15, 0.2) is 53.5 Å². The second-order valence-corrected chi connectivity index (χ2v) is 6.76. The molecule has 0 unspecified atom stereocenters. The number of halogens is 1. The maximum atomic E-state index is 11.7. The molecule has 2 rings (SSSR count). The number of nitrogens with zero attached hydrogens (tertiary/aromatic N) is 2. The van der Waals surface area contributed by atoms with E-state index in [0.29, 0.717) is 18.8 Å². The van der Waals surface area contributed by atoms with E-state index >= 15 is 0 Å². The number of hydrogen-bond donors (Lipinski definition) is 2. The number of rotatable bonds is 8. The Morgan fingerprint density at radius 1 is 1.07 bits per heavy atom. The predicted molar refractivity (Wildman–Crippen MR) is 129 cm³/mol. The van der Waals surface area contributed by atoms with Gasteiger partial charge in [-0.2, -0.15) is 0 Å². The second kappa shape index (κ2) is 13.0. The molecule has 158 valence electrons. The molecule has 7 heteroatoms. The number of carbonyl (C=O) groups excluding carboxylic acids is 1. The molecule has 0 saturated carbocycles. The minimum atomic E-state index is -0.0711. The number of likely N-dealkylation sites (N-methyl/N-ethyl adjacent to an activating group) is 1. The SMILES string of the molecule is CCNC(=NCc1cccc(OCC(=O)N(C)C)c1)NCc1ccc(C)cc1.I. The van der Waals surface area contributed by atoms with Crippen molar-refractivity contribution < 1.29 is 9.53 Å². The van der Waals surface area contributed by atoms with Crippen molar-refractivity contribution in [3.05, 3.63) is 65.2 Å². The minimum Gasteiger partial charge on any atom is -0.484 e. The summed E-state index contributed by atoms with van der Waals surface area (Å²) in [6.45, 7) is 6.16. The normalized spacial score (nSPS) is 10.7. The average Bonchev–Trinajstić information content (AvgIpc) is 2.69. The first kappa shape index (κ1) is 24.7. The molecule has 6 nitrogen and oxygen atoms in total. The number of amides is 1. The molecule has 0 spiro atoms. The summed E-state index contributed by atoms with van der Waals surface area (Å²) in [7, 11) is 3.42. The molecule has 0 aliphatic carbocycles. The topological polar surface area (TPSA) is 66.0 Å². The standard InChI is InChI=1S/C22H30N4O2.HI/c1-5-23-22(24-14-18-11-9-17(2)10-12-18)25-15-19-7-6-8-20(13-19)28-16-21(27)26(3)4;/h6-13H,5,14-16H2,1-4H3,(H2,23,24,25);1H. The molecule has 0 aliphatic heterocycles. The lowest BCUT2D eigenvalue weighted by atomic mass is 10.1. The molecule has 2 aromatic rings. The summed E-state index contributed by atoms with van der Waals surface area (Å²) in [6, 6.07) is 16.1. The van der Waals surface area contributed by atoms with E-state index in [1.165, 1.54) is 16.0 Å². The molecule has 0 heterocycles. The Morgan fingerprint density at radius 2 is 1.79 bits per heavy atom. The van der Waals surface area contributed by atoms with Crippen LogP contribution < -0.4 is 15.4 Å². The molecule has 0 atom stereocenters. The molecule has 29 heavy (non-hydrogen) atoms. The molecule has 0 fully saturated rings. The Bertz CT molecular complexity index is 792. The van der Waals surface area contributed by atoms with Crippen LogP contribution in [0.1, 0.15) is 23.6 Å². The van der Waals surface area contributed by atoms with E-state index in [9.17, 15) is 4.79 Å². The maximum absolute atomic E-state index is 11.7. The fourth-order valence-electron chi connectivity index (χ4n) is 2.41. The summed E-state index contributed by atoms with van der Waals surface area (Å²) in [6.07, 6.45) is 0. The van der Waals surface area contributed by atoms with E-state index in [1.54, 1.807) is 14.1 Å². The number of guanidine groups is 1. The number of aliphatic imine (C=N–C) groups is 1. The first-order valence-electron chi connectivity index (χ1n) is 9.47. The fraction of sp³-hybridized carbons (Fsp3) is 0.364. The van der Waals surface area contributed by atoms with E-state index < -0.39 is 0 Å². The lowest BCUT2D eigenvalue weighted by Gasteiger charge is -2.13. The Kier molecular flexibility index (Phi) is 11.1. The highest BCUT2D eigenvalue weighted by atomic mass is 127. The minimum absolute atomic E-state index is 0. The predicted octanol–water partition coefficient (Wildman–Crippen LogP) is 3.34. The largest absolute Gasteiger partial charge is 0.484 e. The third kappa shape index (κ3) is 9.17. The molecule has 0 saturated heterocycles. The zero-order valence-electron chi connectivity index (χ0n) is 17.6. The summed E-state index contributed by atoms with van der Waals surface area (Å²) < 4.78 is 5.57. The number of aryl methyl sites for hydroxylation is 1. The zero-order valence-corrected chi connectivity index (χ0v) is 19.9. The van der Waals surface area contributed by atoms with Gasteiger partial charge in [-0.15, -0.1) is 24.0 Å². The van der Waals surface area contributed by atoms with Gasteiger partial charge in [0.05, 0.1) is 6.54 Å². The molecular formula is C22H31IN4O2. The van der Waals surface area contributed by atoms with Gasteiger partial charge in [0, 0.05) is 27.2 Å². The molecule has 0 radical (unpaired) electrons. The van der Waals surface area contributed by atoms with E-state index in [2.05, 4.69) is 46.8 Å². The third-order valence-electron chi connectivity index (χ3n) is 4.10. The highest BCUT2D eigenvalue weighted by Gasteiger charge is 2.05. The van der Waals surface area contributed by atoms with Crippen LogP contribution in [0.2, 0.25) is 0 Å². The van der Waals surface area contributed by atoms with Crippen LogP contribution in [0, 0.1) is 6.92 Å². The first-order chi connectivity index (χ1) is 13.5. The zero-order chi connectivity index (χ0) is 20.4. The quantitative estimate of drug-likeness (QED) is 0.325. The van der Waals surface area contributed by atoms with E-state index in [1.807, 2.05) is 31.2 Å². The van der Waals surface area contributed by atoms with Crippen LogP contribution in [-0.4, -0.2) is 44.0 Å². The van der Waals surface area contributed by atoms with Gasteiger partial charge in [-0.25, -0.2) is 4.99 Å². The number of nitrogens with one attached hydrogen (secondary N) is 2. The van der Waals surface area contributed by atoms with Gasteiger partial charge in [0.25, 0.3) is 5.91 Å². The van der Waals surface area contributed by atoms with Crippen LogP contribution in [-0.2, 0) is 17.9 Å². The van der Waals surface area contributed by atoms with E-state index in [-0.39, 0.29) is 36.5 Å². The van der Waals surface area contributed by atoms with Crippen molar-refractivity contribution in [1.82, 2.24) is 15.5 Å². The van der Waals surface area contributed by atoms with Crippen molar-refractivity contribution in [3.8, 4) is 5.75 Å². The van der Waals surface area contributed by atoms with E-state index in [0.717, 1.165) is 18.1 Å². The maximum Gasteiger partial charge on any atom is 0.259 e. The van der Waals surface area contributed by atoms with Gasteiger partial charge in [-0.05, 0) is 37.1 Å². The smallest absolute Gasteiger partial charge is 0.259 e. The van der Waals surface area contributed by atoms with Crippen LogP contribution in [0.25, 0.3) is 0 Å². The van der Waals surface area contributed by atoms with Gasteiger partial charge < -0.3 is 20.3 Å². The van der Waals surface area contributed by atoms with Gasteiger partial charge in [-0.1, -0.05) is 42.0 Å². The van der Waals surface area contributed by atoms with Crippen molar-refractivity contribution in [2.24, 2.45) is 4.99 Å². The molecular weight excluding hydrogens is 479 g/mol. The Balaban J connectivity index is 0.00000420. The fourth-order valence-corrected chi connectivity index (χ4v) is 2.41. The highest BCUT2D eigenvalue weighted by Crippen LogP contribution is 2.14. The molecule has 1 amide bonds. The van der Waals surface area contributed by atoms with Crippen molar-refractivity contribution >= 4 is 35.8 Å². The summed E-state index contributed by atoms with van der Waals surface area (Å²) in [5.74, 6) is 1.36. The van der Waals surface area contributed by atoms with Crippen molar-refractivity contribution in [1.29, 1.82) is 0 Å². The Morgan fingerprint density at radius 3 is 2.45 bits per heavy atom. The monoisotopic (exact) mass is 510 g/mol. The second-order valence-electron chi connectivity index (χ2n) is 6.76. The molecule has 0 aromatic heterocycles. The van der Waals surface area contributed by atoms with Crippen molar-refractivity contribution in [2.45, 2.75) is 26.9 Å². The highest BCUT2D eigenvalue weighted by molar-refractivity contribution is 14.0. The summed E-state index contributed by atoms with van der Waals surface area (Å²) in [4.78, 5) is 17.8. The summed E-state index contributed by atoms with van der Waals surface area (Å²) >= 11 is 0. The lowest BCUT2D eigenvalue weighted by Crippen LogP contribution is -2.36. The van der Waals surface area contributed by atoms with Crippen molar-refractivity contribution in [2.75, 3.05) is 27.2 Å². The molecule has 0 bridgehead atoms. The van der Waals surface area contributed by atoms with Crippen LogP contribution in [0.5, 0.6) is 5.75 Å². The van der Waals surface area contributed by atoms with Crippen molar-refractivity contribution in [3.63, 3.8) is 0 Å². The van der Waals surface area contributed by atoms with Gasteiger partial charge in [0.1, 0.15) is 5.75 Å². The number of hydrogen-bond acceptors (Lipinski definition) is 3. The first-order valence-corrected chi connectivity index (χ1v) is 9.47. The van der Waals surface area contributed by atoms with Crippen LogP contribution in [0.3, 0.4) is 0 Å². The number of benzene rings is 2. The number of carbonyl (C=O) groups is 1. The lowest BCUT2D eigenvalue weighted by molar-refractivity contribution is -0.130.